The van der Waals surface area contributed by atoms with Crippen molar-refractivity contribution in [2.75, 3.05) is 6.61 Å². The largest absolute Gasteiger partial charge is 0.744 e. The molecule has 1 heterocycles. The number of aromatic nitrogens is 1. The Balaban J connectivity index is 0.000000200. The van der Waals surface area contributed by atoms with Crippen LogP contribution >= 0.6 is 0 Å². The molecule has 0 bridgehead atoms. The summed E-state index contributed by atoms with van der Waals surface area (Å²) >= 11 is 0. The zero-order valence-corrected chi connectivity index (χ0v) is 31.1. The van der Waals surface area contributed by atoms with Crippen LogP contribution in [0.2, 0.25) is 0 Å². The molecule has 5 nitrogen and oxygen atoms in total. The average Bonchev–Trinajstić information content (AvgIpc) is 3.16. The van der Waals surface area contributed by atoms with Gasteiger partial charge in [0.2, 0.25) is 12.4 Å². The lowest BCUT2D eigenvalue weighted by Crippen LogP contribution is -2.43. The Kier molecular flexibility index (Phi) is 14.6. The highest BCUT2D eigenvalue weighted by molar-refractivity contribution is 7.85. The van der Waals surface area contributed by atoms with E-state index in [2.05, 4.69) is 62.4 Å². The van der Waals surface area contributed by atoms with Crippen LogP contribution in [0.3, 0.4) is 0 Å². The van der Waals surface area contributed by atoms with Gasteiger partial charge in [0.1, 0.15) is 10.1 Å². The molecule has 3 fully saturated rings. The van der Waals surface area contributed by atoms with E-state index < -0.39 is 10.1 Å². The SMILES string of the molecule is CCCCC(CC)CO[n+]1ccc(-c2ccccc2)cc1.O=S(=O)([O-])c1c(C2CCCCC2)cc(C2CCCCC2)cc1C1CCCCC1. The van der Waals surface area contributed by atoms with Crippen molar-refractivity contribution in [2.24, 2.45) is 5.92 Å². The fourth-order valence-corrected chi connectivity index (χ4v) is 9.53. The zero-order chi connectivity index (χ0) is 34.5. The van der Waals surface area contributed by atoms with Crippen molar-refractivity contribution < 1.29 is 22.5 Å². The highest BCUT2D eigenvalue weighted by Crippen LogP contribution is 2.45. The van der Waals surface area contributed by atoms with Crippen LogP contribution in [0.4, 0.5) is 0 Å². The molecule has 49 heavy (non-hydrogen) atoms. The normalized spacial score (nSPS) is 18.8. The fourth-order valence-electron chi connectivity index (χ4n) is 8.50. The third-order valence-corrected chi connectivity index (χ3v) is 12.5. The maximum Gasteiger partial charge on any atom is 0.223 e. The van der Waals surface area contributed by atoms with Gasteiger partial charge in [0.05, 0.1) is 4.90 Å². The Morgan fingerprint density at radius 2 is 1.20 bits per heavy atom. The lowest BCUT2D eigenvalue weighted by molar-refractivity contribution is -0.892. The smallest absolute Gasteiger partial charge is 0.223 e. The van der Waals surface area contributed by atoms with Gasteiger partial charge in [0.25, 0.3) is 0 Å². The van der Waals surface area contributed by atoms with Gasteiger partial charge in [0, 0.05) is 16.9 Å². The van der Waals surface area contributed by atoms with Crippen LogP contribution in [0.25, 0.3) is 11.1 Å². The molecule has 0 N–H and O–H groups in total. The van der Waals surface area contributed by atoms with E-state index in [1.165, 1.54) is 87.3 Å². The third-order valence-electron chi connectivity index (χ3n) is 11.5. The summed E-state index contributed by atoms with van der Waals surface area (Å²) in [7, 11) is -4.46. The van der Waals surface area contributed by atoms with Crippen LogP contribution in [-0.4, -0.2) is 19.6 Å². The third kappa shape index (κ3) is 10.9. The number of unbranched alkanes of at least 4 members (excludes halogenated alkanes) is 1. The molecule has 3 saturated carbocycles. The number of nitrogens with zero attached hydrogens (tertiary/aromatic N) is 1. The van der Waals surface area contributed by atoms with Crippen molar-refractivity contribution in [3.8, 4) is 11.1 Å². The summed E-state index contributed by atoms with van der Waals surface area (Å²) in [6.45, 7) is 5.28. The van der Waals surface area contributed by atoms with Crippen LogP contribution < -0.4 is 9.57 Å². The Hall–Kier alpha value is -2.70. The highest BCUT2D eigenvalue weighted by Gasteiger charge is 2.30. The molecule has 2 aromatic carbocycles. The van der Waals surface area contributed by atoms with E-state index in [1.54, 1.807) is 0 Å². The number of hydrogen-bond donors (Lipinski definition) is 0. The first-order chi connectivity index (χ1) is 23.9. The van der Waals surface area contributed by atoms with Crippen LogP contribution in [-0.2, 0) is 10.1 Å². The molecular formula is C43H61NO4S. The summed E-state index contributed by atoms with van der Waals surface area (Å²) in [6, 6.07) is 18.9. The molecule has 0 amide bonds. The quantitative estimate of drug-likeness (QED) is 0.140. The minimum atomic E-state index is -4.46. The molecular weight excluding hydrogens is 627 g/mol. The minimum absolute atomic E-state index is 0.186. The van der Waals surface area contributed by atoms with E-state index in [1.807, 2.05) is 23.2 Å². The molecule has 0 saturated heterocycles. The second kappa shape index (κ2) is 19.1. The summed E-state index contributed by atoms with van der Waals surface area (Å²) in [4.78, 5) is 6.05. The number of hydrogen-bond acceptors (Lipinski definition) is 4. The first-order valence-electron chi connectivity index (χ1n) is 19.7. The van der Waals surface area contributed by atoms with Gasteiger partial charge in [-0.15, -0.1) is 0 Å². The van der Waals surface area contributed by atoms with E-state index in [4.69, 9.17) is 4.84 Å². The van der Waals surface area contributed by atoms with Gasteiger partial charge in [-0.05, 0) is 103 Å². The molecule has 1 aromatic heterocycles. The van der Waals surface area contributed by atoms with Crippen molar-refractivity contribution in [3.05, 3.63) is 83.7 Å². The summed E-state index contributed by atoms with van der Waals surface area (Å²) in [6.07, 6.45) is 26.4. The summed E-state index contributed by atoms with van der Waals surface area (Å²) in [5.74, 6) is 1.70. The second-order valence-electron chi connectivity index (χ2n) is 15.0. The average molecular weight is 688 g/mol. The summed E-state index contributed by atoms with van der Waals surface area (Å²) in [5.41, 5.74) is 5.55. The van der Waals surface area contributed by atoms with E-state index in [0.29, 0.717) is 11.8 Å². The first kappa shape index (κ1) is 37.6. The molecule has 0 aliphatic heterocycles. The maximum atomic E-state index is 12.5. The van der Waals surface area contributed by atoms with Crippen LogP contribution in [0.5, 0.6) is 0 Å². The number of rotatable bonds is 12. The molecule has 6 heteroatoms. The van der Waals surface area contributed by atoms with Gasteiger partial charge < -0.3 is 4.55 Å². The van der Waals surface area contributed by atoms with Gasteiger partial charge in [-0.25, -0.2) is 8.42 Å². The van der Waals surface area contributed by atoms with Gasteiger partial charge in [-0.3, -0.25) is 4.84 Å². The Morgan fingerprint density at radius 1 is 0.714 bits per heavy atom. The summed E-state index contributed by atoms with van der Waals surface area (Å²) < 4.78 is 39.3. The molecule has 1 unspecified atom stereocenters. The monoisotopic (exact) mass is 687 g/mol. The number of benzene rings is 2. The first-order valence-corrected chi connectivity index (χ1v) is 21.1. The predicted molar refractivity (Wildman–Crippen MR) is 199 cm³/mol. The maximum absolute atomic E-state index is 12.5. The van der Waals surface area contributed by atoms with Gasteiger partial charge in [-0.2, -0.15) is 0 Å². The van der Waals surface area contributed by atoms with Crippen molar-refractivity contribution in [2.45, 2.75) is 158 Å². The Bertz CT molecular complexity index is 1460. The molecule has 1 atom stereocenters. The highest BCUT2D eigenvalue weighted by atomic mass is 32.2. The zero-order valence-electron chi connectivity index (χ0n) is 30.3. The van der Waals surface area contributed by atoms with Crippen molar-refractivity contribution >= 4 is 10.1 Å². The van der Waals surface area contributed by atoms with Gasteiger partial charge in [-0.1, -0.05) is 127 Å². The van der Waals surface area contributed by atoms with E-state index in [0.717, 1.165) is 69.1 Å². The lowest BCUT2D eigenvalue weighted by atomic mass is 9.76. The van der Waals surface area contributed by atoms with Crippen LogP contribution in [0, 0.1) is 5.92 Å². The van der Waals surface area contributed by atoms with E-state index in [9.17, 15) is 13.0 Å². The number of pyridine rings is 1. The van der Waals surface area contributed by atoms with Crippen LogP contribution in [0.1, 0.15) is 170 Å². The molecule has 268 valence electrons. The standard InChI is InChI=1S/C24H36O3S.C19H26NO/c25-28(26,27)24-22(19-12-6-2-7-13-19)16-21(18-10-4-1-5-11-18)17-23(24)20-14-8-3-9-15-20;1-3-5-9-17(4-2)16-21-20-14-12-19(13-15-20)18-10-7-6-8-11-18/h16-20H,1-15H2,(H,25,26,27);6-8,10-15,17H,3-5,9,16H2,1-2H3/q;+1/p-1. The molecule has 3 aromatic rings. The van der Waals surface area contributed by atoms with Crippen molar-refractivity contribution in [1.82, 2.24) is 0 Å². The minimum Gasteiger partial charge on any atom is -0.744 e. The Morgan fingerprint density at radius 3 is 1.67 bits per heavy atom. The Labute approximate surface area is 297 Å². The topological polar surface area (TPSA) is 70.3 Å². The van der Waals surface area contributed by atoms with E-state index in [-0.39, 0.29) is 16.7 Å². The van der Waals surface area contributed by atoms with Gasteiger partial charge in [0.15, 0.2) is 6.61 Å². The molecule has 0 radical (unpaired) electrons. The van der Waals surface area contributed by atoms with Gasteiger partial charge >= 0.3 is 0 Å². The van der Waals surface area contributed by atoms with Crippen molar-refractivity contribution in [1.29, 1.82) is 0 Å². The predicted octanol–water partition coefficient (Wildman–Crippen LogP) is 11.0. The molecule has 6 rings (SSSR count). The molecule has 3 aliphatic rings. The summed E-state index contributed by atoms with van der Waals surface area (Å²) in [5, 5.41) is 0. The molecule has 0 spiro atoms. The van der Waals surface area contributed by atoms with E-state index >= 15 is 0 Å². The molecule has 3 aliphatic carbocycles. The fraction of sp³-hybridized carbons (Fsp3) is 0.605. The lowest BCUT2D eigenvalue weighted by Gasteiger charge is -2.33. The second-order valence-corrected chi connectivity index (χ2v) is 16.3. The van der Waals surface area contributed by atoms with Crippen LogP contribution in [0.15, 0.2) is 71.9 Å². The van der Waals surface area contributed by atoms with Crippen molar-refractivity contribution in [3.63, 3.8) is 0 Å².